The molecule has 0 aliphatic carbocycles. The molecular weight excluding hydrogens is 346 g/mol. The summed E-state index contributed by atoms with van der Waals surface area (Å²) in [5.74, 6) is -1.79. The molecule has 0 saturated carbocycles. The average molecular weight is 353 g/mol. The molecule has 1 aromatic heterocycles. The Morgan fingerprint density at radius 2 is 2.11 bits per heavy atom. The van der Waals surface area contributed by atoms with Crippen molar-refractivity contribution in [3.8, 4) is 0 Å². The van der Waals surface area contributed by atoms with E-state index >= 15 is 0 Å². The lowest BCUT2D eigenvalue weighted by atomic mass is 10.3. The van der Waals surface area contributed by atoms with Crippen LogP contribution in [0.1, 0.15) is 5.82 Å². The van der Waals surface area contributed by atoms with Crippen LogP contribution in [0, 0.1) is 11.6 Å². The van der Waals surface area contributed by atoms with E-state index in [1.165, 1.54) is 6.33 Å². The normalized spacial score (nSPS) is 11.7. The Bertz CT molecular complexity index is 667. The van der Waals surface area contributed by atoms with Gasteiger partial charge in [-0.1, -0.05) is 0 Å². The van der Waals surface area contributed by atoms with Crippen LogP contribution in [0.4, 0.5) is 8.78 Å². The number of halogens is 3. The van der Waals surface area contributed by atoms with E-state index in [1.54, 1.807) is 0 Å². The van der Waals surface area contributed by atoms with Crippen molar-refractivity contribution in [1.29, 1.82) is 0 Å². The van der Waals surface area contributed by atoms with Crippen molar-refractivity contribution in [1.82, 2.24) is 19.9 Å². The Balaban J connectivity index is 2.29. The quantitative estimate of drug-likeness (QED) is 0.868. The third-order valence-electron chi connectivity index (χ3n) is 2.13. The molecule has 0 aliphatic rings. The number of sulfonamides is 1. The van der Waals surface area contributed by atoms with Gasteiger partial charge in [-0.2, -0.15) is 5.10 Å². The molecule has 2 aromatic rings. The molecule has 10 heteroatoms. The zero-order valence-corrected chi connectivity index (χ0v) is 11.6. The number of H-pyrrole nitrogens is 1. The molecule has 0 radical (unpaired) electrons. The molecule has 6 nitrogen and oxygen atoms in total. The molecule has 0 amide bonds. The van der Waals surface area contributed by atoms with Crippen molar-refractivity contribution in [3.05, 3.63) is 40.4 Å². The molecule has 0 bridgehead atoms. The van der Waals surface area contributed by atoms with Crippen LogP contribution in [-0.2, 0) is 16.6 Å². The Hall–Kier alpha value is -1.39. The van der Waals surface area contributed by atoms with E-state index in [0.717, 1.165) is 6.07 Å². The van der Waals surface area contributed by atoms with Gasteiger partial charge in [0.25, 0.3) is 0 Å². The summed E-state index contributed by atoms with van der Waals surface area (Å²) in [5.41, 5.74) is 0. The maximum absolute atomic E-state index is 13.5. The van der Waals surface area contributed by atoms with Gasteiger partial charge in [-0.3, -0.25) is 5.10 Å². The van der Waals surface area contributed by atoms with Crippen LogP contribution in [-0.4, -0.2) is 23.6 Å². The number of nitrogens with zero attached hydrogens (tertiary/aromatic N) is 2. The van der Waals surface area contributed by atoms with E-state index in [4.69, 9.17) is 0 Å². The predicted octanol–water partition coefficient (Wildman–Crippen LogP) is 1.32. The minimum atomic E-state index is -4.14. The third-order valence-corrected chi connectivity index (χ3v) is 4.49. The SMILES string of the molecule is O=S(=O)(NCc1ncn[nH]1)c1c(F)cc(F)cc1Br. The van der Waals surface area contributed by atoms with Crippen LogP contribution in [0.3, 0.4) is 0 Å². The maximum Gasteiger partial charge on any atom is 0.245 e. The Morgan fingerprint density at radius 1 is 1.37 bits per heavy atom. The Kier molecular flexibility index (Phi) is 3.92. The summed E-state index contributed by atoms with van der Waals surface area (Å²) in [4.78, 5) is 3.05. The highest BCUT2D eigenvalue weighted by Gasteiger charge is 2.23. The molecule has 19 heavy (non-hydrogen) atoms. The monoisotopic (exact) mass is 352 g/mol. The molecular formula is C9H7BrF2N4O2S. The first-order valence-corrected chi connectivity index (χ1v) is 7.16. The van der Waals surface area contributed by atoms with Crippen LogP contribution < -0.4 is 4.72 Å². The van der Waals surface area contributed by atoms with Gasteiger partial charge in [-0.15, -0.1) is 0 Å². The predicted molar refractivity (Wildman–Crippen MR) is 64.5 cm³/mol. The van der Waals surface area contributed by atoms with Crippen LogP contribution in [0.2, 0.25) is 0 Å². The number of benzene rings is 1. The molecule has 102 valence electrons. The van der Waals surface area contributed by atoms with Crippen molar-refractivity contribution in [2.75, 3.05) is 0 Å². The van der Waals surface area contributed by atoms with Crippen molar-refractivity contribution < 1.29 is 17.2 Å². The standard InChI is InChI=1S/C9H7BrF2N4O2S/c10-6-1-5(11)2-7(12)9(6)19(17,18)15-3-8-13-4-14-16-8/h1-2,4,15H,3H2,(H,13,14,16). The summed E-state index contributed by atoms with van der Waals surface area (Å²) >= 11 is 2.82. The van der Waals surface area contributed by atoms with Gasteiger partial charge in [0.1, 0.15) is 28.7 Å². The summed E-state index contributed by atoms with van der Waals surface area (Å²) in [6.07, 6.45) is 1.21. The first-order valence-electron chi connectivity index (χ1n) is 4.88. The highest BCUT2D eigenvalue weighted by molar-refractivity contribution is 9.10. The fourth-order valence-corrected chi connectivity index (χ4v) is 3.49. The van der Waals surface area contributed by atoms with Gasteiger partial charge in [-0.05, 0) is 22.0 Å². The second-order valence-electron chi connectivity index (χ2n) is 3.46. The van der Waals surface area contributed by atoms with Gasteiger partial charge in [0, 0.05) is 10.5 Å². The van der Waals surface area contributed by atoms with Gasteiger partial charge in [0.2, 0.25) is 10.0 Å². The highest BCUT2D eigenvalue weighted by Crippen LogP contribution is 2.26. The van der Waals surface area contributed by atoms with Crippen LogP contribution in [0.25, 0.3) is 0 Å². The van der Waals surface area contributed by atoms with Gasteiger partial charge < -0.3 is 0 Å². The van der Waals surface area contributed by atoms with E-state index < -0.39 is 26.6 Å². The summed E-state index contributed by atoms with van der Waals surface area (Å²) in [6.45, 7) is -0.189. The number of aromatic amines is 1. The van der Waals surface area contributed by atoms with Crippen molar-refractivity contribution in [3.63, 3.8) is 0 Å². The lowest BCUT2D eigenvalue weighted by Crippen LogP contribution is -2.25. The zero-order valence-electron chi connectivity index (χ0n) is 9.19. The number of rotatable bonds is 4. The number of aromatic nitrogens is 3. The largest absolute Gasteiger partial charge is 0.262 e. The Labute approximate surface area is 115 Å². The van der Waals surface area contributed by atoms with Gasteiger partial charge in [0.05, 0.1) is 6.54 Å². The van der Waals surface area contributed by atoms with Crippen molar-refractivity contribution in [2.24, 2.45) is 0 Å². The van der Waals surface area contributed by atoms with E-state index in [0.29, 0.717) is 6.07 Å². The minimum Gasteiger partial charge on any atom is -0.262 e. The van der Waals surface area contributed by atoms with Gasteiger partial charge >= 0.3 is 0 Å². The highest BCUT2D eigenvalue weighted by atomic mass is 79.9. The van der Waals surface area contributed by atoms with Gasteiger partial charge in [0.15, 0.2) is 0 Å². The molecule has 1 aromatic carbocycles. The lowest BCUT2D eigenvalue weighted by Gasteiger charge is -2.08. The summed E-state index contributed by atoms with van der Waals surface area (Å²) in [6, 6.07) is 1.36. The number of hydrogen-bond acceptors (Lipinski definition) is 4. The zero-order chi connectivity index (χ0) is 14.0. The maximum atomic E-state index is 13.5. The molecule has 0 unspecified atom stereocenters. The van der Waals surface area contributed by atoms with Crippen molar-refractivity contribution in [2.45, 2.75) is 11.4 Å². The van der Waals surface area contributed by atoms with E-state index in [2.05, 4.69) is 35.8 Å². The van der Waals surface area contributed by atoms with Crippen molar-refractivity contribution >= 4 is 26.0 Å². The fourth-order valence-electron chi connectivity index (χ4n) is 1.34. The molecule has 2 rings (SSSR count). The number of nitrogens with one attached hydrogen (secondary N) is 2. The average Bonchev–Trinajstić information content (AvgIpc) is 2.77. The first-order chi connectivity index (χ1) is 8.90. The third kappa shape index (κ3) is 3.14. The van der Waals surface area contributed by atoms with Gasteiger partial charge in [-0.25, -0.2) is 26.9 Å². The molecule has 0 spiro atoms. The molecule has 2 N–H and O–H groups in total. The summed E-state index contributed by atoms with van der Waals surface area (Å²) in [5, 5.41) is 5.98. The van der Waals surface area contributed by atoms with Crippen LogP contribution in [0.5, 0.6) is 0 Å². The Morgan fingerprint density at radius 3 is 2.68 bits per heavy atom. The second-order valence-corrected chi connectivity index (χ2v) is 6.01. The lowest BCUT2D eigenvalue weighted by molar-refractivity contribution is 0.540. The molecule has 0 saturated heterocycles. The van der Waals surface area contributed by atoms with E-state index in [9.17, 15) is 17.2 Å². The molecule has 0 aliphatic heterocycles. The first kappa shape index (κ1) is 14.0. The molecule has 0 fully saturated rings. The fraction of sp³-hybridized carbons (Fsp3) is 0.111. The summed E-state index contributed by atoms with van der Waals surface area (Å²) < 4.78 is 52.2. The summed E-state index contributed by atoms with van der Waals surface area (Å²) in [7, 11) is -4.14. The topological polar surface area (TPSA) is 87.7 Å². The smallest absolute Gasteiger partial charge is 0.245 e. The minimum absolute atomic E-state index is 0.189. The number of hydrogen-bond donors (Lipinski definition) is 2. The van der Waals surface area contributed by atoms with Crippen LogP contribution in [0.15, 0.2) is 27.8 Å². The van der Waals surface area contributed by atoms with E-state index in [1.807, 2.05) is 0 Å². The molecule has 1 heterocycles. The van der Waals surface area contributed by atoms with Crippen LogP contribution >= 0.6 is 15.9 Å². The molecule has 0 atom stereocenters. The van der Waals surface area contributed by atoms with E-state index in [-0.39, 0.29) is 16.8 Å². The second kappa shape index (κ2) is 5.31.